The number of aliphatic imine (C=N–C) groups is 1. The van der Waals surface area contributed by atoms with Gasteiger partial charge in [0.2, 0.25) is 5.89 Å². The van der Waals surface area contributed by atoms with Crippen LogP contribution in [0.5, 0.6) is 5.95 Å². The van der Waals surface area contributed by atoms with E-state index in [-0.39, 0.29) is 11.6 Å². The average molecular weight is 265 g/mol. The largest absolute Gasteiger partial charge is 0.479 e. The smallest absolute Gasteiger partial charge is 0.312 e. The van der Waals surface area contributed by atoms with Gasteiger partial charge in [-0.25, -0.2) is 15.0 Å². The topological polar surface area (TPSA) is 71.5 Å². The van der Waals surface area contributed by atoms with Crippen LogP contribution in [0.2, 0.25) is 0 Å². The first-order chi connectivity index (χ1) is 9.83. The van der Waals surface area contributed by atoms with Crippen molar-refractivity contribution in [3.63, 3.8) is 0 Å². The zero-order chi connectivity index (χ0) is 13.8. The first-order valence-electron chi connectivity index (χ1n) is 6.03. The molecule has 2 heterocycles. The molecule has 1 N–H and O–H groups in total. The second-order valence-corrected chi connectivity index (χ2v) is 4.02. The molecular formula is C15H11N3O2. The molecule has 0 saturated heterocycles. The Balaban J connectivity index is 1.89. The first kappa shape index (κ1) is 12.1. The molecule has 0 spiro atoms. The molecule has 20 heavy (non-hydrogen) atoms. The number of pyridine rings is 1. The summed E-state index contributed by atoms with van der Waals surface area (Å²) >= 11 is 0. The summed E-state index contributed by atoms with van der Waals surface area (Å²) in [5, 5.41) is 9.73. The highest BCUT2D eigenvalue weighted by atomic mass is 16.5. The molecule has 0 saturated carbocycles. The van der Waals surface area contributed by atoms with Gasteiger partial charge in [-0.15, -0.1) is 0 Å². The zero-order valence-electron chi connectivity index (χ0n) is 10.5. The van der Waals surface area contributed by atoms with Crippen molar-refractivity contribution in [3.05, 3.63) is 60.4 Å². The number of rotatable bonds is 3. The third-order valence-electron chi connectivity index (χ3n) is 2.62. The first-order valence-corrected chi connectivity index (χ1v) is 6.03. The summed E-state index contributed by atoms with van der Waals surface area (Å²) in [5.74, 6) is 0.630. The van der Waals surface area contributed by atoms with Crippen molar-refractivity contribution in [2.45, 2.75) is 0 Å². The number of oxazole rings is 1. The van der Waals surface area contributed by atoms with Gasteiger partial charge in [0.1, 0.15) is 0 Å². The Kier molecular flexibility index (Phi) is 3.24. The van der Waals surface area contributed by atoms with E-state index in [0.29, 0.717) is 11.7 Å². The summed E-state index contributed by atoms with van der Waals surface area (Å²) in [7, 11) is 0. The average Bonchev–Trinajstić information content (AvgIpc) is 2.88. The molecule has 0 amide bonds. The van der Waals surface area contributed by atoms with Gasteiger partial charge in [0.05, 0.1) is 6.21 Å². The van der Waals surface area contributed by atoms with Gasteiger partial charge in [-0.1, -0.05) is 24.3 Å². The van der Waals surface area contributed by atoms with Gasteiger partial charge in [0.15, 0.2) is 11.5 Å². The highest BCUT2D eigenvalue weighted by Crippen LogP contribution is 2.25. The van der Waals surface area contributed by atoms with Gasteiger partial charge in [-0.2, -0.15) is 0 Å². The Bertz CT molecular complexity index is 721. The molecule has 3 aromatic rings. The standard InChI is InChI=1S/C15H11N3O2/c19-15-12(10-17-13-8-4-5-9-16-13)18-14(20-15)11-6-2-1-3-7-11/h1-10,19H/b17-10+. The van der Waals surface area contributed by atoms with E-state index >= 15 is 0 Å². The SMILES string of the molecule is Oc1oc(-c2ccccc2)nc1/C=N/c1ccccn1. The molecule has 98 valence electrons. The van der Waals surface area contributed by atoms with Gasteiger partial charge < -0.3 is 9.52 Å². The maximum Gasteiger partial charge on any atom is 0.312 e. The molecule has 0 aliphatic carbocycles. The second kappa shape index (κ2) is 5.36. The molecule has 0 unspecified atom stereocenters. The number of aromatic nitrogens is 2. The van der Waals surface area contributed by atoms with E-state index in [1.165, 1.54) is 6.21 Å². The molecule has 0 radical (unpaired) electrons. The molecule has 1 aromatic carbocycles. The minimum atomic E-state index is -0.261. The van der Waals surface area contributed by atoms with Gasteiger partial charge >= 0.3 is 5.95 Å². The van der Waals surface area contributed by atoms with Gasteiger partial charge in [0.25, 0.3) is 0 Å². The highest BCUT2D eigenvalue weighted by Gasteiger charge is 2.11. The summed E-state index contributed by atoms with van der Waals surface area (Å²) < 4.78 is 5.22. The van der Waals surface area contributed by atoms with Crippen molar-refractivity contribution in [2.24, 2.45) is 4.99 Å². The quantitative estimate of drug-likeness (QED) is 0.738. The number of benzene rings is 1. The molecule has 0 atom stereocenters. The van der Waals surface area contributed by atoms with Crippen molar-refractivity contribution in [1.29, 1.82) is 0 Å². The Morgan fingerprint density at radius 1 is 1.05 bits per heavy atom. The van der Waals surface area contributed by atoms with Crippen LogP contribution < -0.4 is 0 Å². The van der Waals surface area contributed by atoms with Crippen LogP contribution in [-0.4, -0.2) is 21.3 Å². The number of aromatic hydroxyl groups is 1. The van der Waals surface area contributed by atoms with Crippen molar-refractivity contribution >= 4 is 12.0 Å². The summed E-state index contributed by atoms with van der Waals surface area (Å²) in [6, 6.07) is 14.7. The lowest BCUT2D eigenvalue weighted by molar-refractivity contribution is 0.337. The van der Waals surface area contributed by atoms with E-state index in [4.69, 9.17) is 4.42 Å². The Morgan fingerprint density at radius 3 is 2.60 bits per heavy atom. The van der Waals surface area contributed by atoms with E-state index in [2.05, 4.69) is 15.0 Å². The predicted molar refractivity (Wildman–Crippen MR) is 75.1 cm³/mol. The molecule has 0 bridgehead atoms. The fraction of sp³-hybridized carbons (Fsp3) is 0. The molecule has 0 aliphatic rings. The third-order valence-corrected chi connectivity index (χ3v) is 2.62. The van der Waals surface area contributed by atoms with Crippen LogP contribution in [-0.2, 0) is 0 Å². The van der Waals surface area contributed by atoms with E-state index < -0.39 is 0 Å². The molecule has 0 fully saturated rings. The van der Waals surface area contributed by atoms with Crippen molar-refractivity contribution in [1.82, 2.24) is 9.97 Å². The maximum atomic E-state index is 9.73. The summed E-state index contributed by atoms with van der Waals surface area (Å²) in [4.78, 5) is 12.4. The molecule has 5 heteroatoms. The van der Waals surface area contributed by atoms with Gasteiger partial charge in [0, 0.05) is 11.8 Å². The second-order valence-electron chi connectivity index (χ2n) is 4.02. The van der Waals surface area contributed by atoms with Crippen LogP contribution in [0.25, 0.3) is 11.5 Å². The van der Waals surface area contributed by atoms with Crippen LogP contribution in [0.3, 0.4) is 0 Å². The van der Waals surface area contributed by atoms with Crippen LogP contribution in [0.4, 0.5) is 5.82 Å². The van der Waals surface area contributed by atoms with Crippen LogP contribution in [0.15, 0.2) is 64.1 Å². The Morgan fingerprint density at radius 2 is 1.85 bits per heavy atom. The lowest BCUT2D eigenvalue weighted by Crippen LogP contribution is -1.83. The molecule has 5 nitrogen and oxygen atoms in total. The minimum Gasteiger partial charge on any atom is -0.479 e. The number of nitrogens with zero attached hydrogens (tertiary/aromatic N) is 3. The van der Waals surface area contributed by atoms with Crippen molar-refractivity contribution < 1.29 is 9.52 Å². The van der Waals surface area contributed by atoms with Crippen molar-refractivity contribution in [2.75, 3.05) is 0 Å². The van der Waals surface area contributed by atoms with E-state index in [1.807, 2.05) is 36.4 Å². The summed E-state index contributed by atoms with van der Waals surface area (Å²) in [5.41, 5.74) is 1.06. The number of hydrogen-bond acceptors (Lipinski definition) is 5. The Labute approximate surface area is 115 Å². The minimum absolute atomic E-state index is 0.261. The van der Waals surface area contributed by atoms with Crippen LogP contribution >= 0.6 is 0 Å². The van der Waals surface area contributed by atoms with E-state index in [0.717, 1.165) is 5.56 Å². The maximum absolute atomic E-state index is 9.73. The Hall–Kier alpha value is -2.95. The summed E-state index contributed by atoms with van der Waals surface area (Å²) in [6.45, 7) is 0. The van der Waals surface area contributed by atoms with Crippen molar-refractivity contribution in [3.8, 4) is 17.4 Å². The molecule has 0 aliphatic heterocycles. The van der Waals surface area contributed by atoms with E-state index in [9.17, 15) is 5.11 Å². The fourth-order valence-electron chi connectivity index (χ4n) is 1.67. The predicted octanol–water partition coefficient (Wildman–Crippen LogP) is 3.19. The molecular weight excluding hydrogens is 254 g/mol. The van der Waals surface area contributed by atoms with Gasteiger partial charge in [-0.3, -0.25) is 0 Å². The summed E-state index contributed by atoms with van der Waals surface area (Å²) in [6.07, 6.45) is 3.07. The highest BCUT2D eigenvalue weighted by molar-refractivity contribution is 5.82. The number of hydrogen-bond donors (Lipinski definition) is 1. The monoisotopic (exact) mass is 265 g/mol. The van der Waals surface area contributed by atoms with E-state index in [1.54, 1.807) is 18.3 Å². The third kappa shape index (κ3) is 2.56. The zero-order valence-corrected chi connectivity index (χ0v) is 10.5. The lowest BCUT2D eigenvalue weighted by Gasteiger charge is -1.91. The molecule has 2 aromatic heterocycles. The van der Waals surface area contributed by atoms with Crippen LogP contribution in [0, 0.1) is 0 Å². The molecule has 3 rings (SSSR count). The normalized spacial score (nSPS) is 11.0. The lowest BCUT2D eigenvalue weighted by atomic mass is 10.2. The van der Waals surface area contributed by atoms with Gasteiger partial charge in [-0.05, 0) is 24.3 Å². The van der Waals surface area contributed by atoms with Crippen LogP contribution in [0.1, 0.15) is 5.69 Å². The fourth-order valence-corrected chi connectivity index (χ4v) is 1.67.